The Kier molecular flexibility index (Phi) is 3.92. The van der Waals surface area contributed by atoms with Crippen molar-refractivity contribution < 1.29 is 9.13 Å². The Hall–Kier alpha value is -2.62. The molecule has 0 radical (unpaired) electrons. The van der Waals surface area contributed by atoms with Crippen molar-refractivity contribution in [3.8, 4) is 17.0 Å². The second-order valence-electron chi connectivity index (χ2n) is 5.18. The highest BCUT2D eigenvalue weighted by Gasteiger charge is 2.07. The molecule has 1 aromatic heterocycles. The Morgan fingerprint density at radius 2 is 1.73 bits per heavy atom. The summed E-state index contributed by atoms with van der Waals surface area (Å²) in [5, 5.41) is 4.61. The van der Waals surface area contributed by atoms with Crippen molar-refractivity contribution in [3.63, 3.8) is 0 Å². The lowest BCUT2D eigenvalue weighted by molar-refractivity contribution is 0.414. The summed E-state index contributed by atoms with van der Waals surface area (Å²) in [6, 6.07) is 16.3. The molecule has 0 fully saturated rings. The van der Waals surface area contributed by atoms with Crippen LogP contribution in [0.3, 0.4) is 0 Å². The van der Waals surface area contributed by atoms with Crippen LogP contribution in [0.5, 0.6) is 5.75 Å². The van der Waals surface area contributed by atoms with Crippen molar-refractivity contribution in [2.75, 3.05) is 7.11 Å². The zero-order valence-corrected chi connectivity index (χ0v) is 12.6. The molecule has 0 saturated carbocycles. The van der Waals surface area contributed by atoms with E-state index < -0.39 is 0 Å². The molecule has 0 unspecified atom stereocenters. The van der Waals surface area contributed by atoms with Gasteiger partial charge in [0.25, 0.3) is 0 Å². The van der Waals surface area contributed by atoms with E-state index in [1.165, 1.54) is 12.1 Å². The number of rotatable bonds is 4. The normalized spacial score (nSPS) is 10.7. The number of halogens is 1. The highest BCUT2D eigenvalue weighted by Crippen LogP contribution is 2.20. The number of aromatic nitrogens is 2. The van der Waals surface area contributed by atoms with Gasteiger partial charge in [0.2, 0.25) is 0 Å². The number of aryl methyl sites for hydroxylation is 1. The Morgan fingerprint density at radius 3 is 2.36 bits per heavy atom. The number of benzene rings is 2. The Labute approximate surface area is 129 Å². The molecule has 3 nitrogen and oxygen atoms in total. The van der Waals surface area contributed by atoms with Crippen LogP contribution in [-0.4, -0.2) is 16.9 Å². The smallest absolute Gasteiger partial charge is 0.123 e. The average molecular weight is 296 g/mol. The summed E-state index contributed by atoms with van der Waals surface area (Å²) in [6.45, 7) is 2.71. The van der Waals surface area contributed by atoms with Crippen molar-refractivity contribution in [1.29, 1.82) is 0 Å². The SMILES string of the molecule is COc1ccc(Cn2nc(-c3ccc(F)cc3)cc2C)cc1. The maximum atomic E-state index is 13.0. The van der Waals surface area contributed by atoms with Crippen LogP contribution >= 0.6 is 0 Å². The predicted molar refractivity (Wildman–Crippen MR) is 84.5 cm³/mol. The van der Waals surface area contributed by atoms with Crippen LogP contribution in [-0.2, 0) is 6.54 Å². The lowest BCUT2D eigenvalue weighted by atomic mass is 10.1. The topological polar surface area (TPSA) is 27.1 Å². The molecule has 0 spiro atoms. The average Bonchev–Trinajstić information content (AvgIpc) is 2.90. The number of hydrogen-bond acceptors (Lipinski definition) is 2. The summed E-state index contributed by atoms with van der Waals surface area (Å²) in [6.07, 6.45) is 0. The molecule has 2 aromatic carbocycles. The van der Waals surface area contributed by atoms with Crippen LogP contribution in [0, 0.1) is 12.7 Å². The van der Waals surface area contributed by atoms with E-state index in [0.29, 0.717) is 6.54 Å². The summed E-state index contributed by atoms with van der Waals surface area (Å²) in [5.41, 5.74) is 3.98. The maximum Gasteiger partial charge on any atom is 0.123 e. The minimum absolute atomic E-state index is 0.238. The van der Waals surface area contributed by atoms with Gasteiger partial charge in [-0.05, 0) is 55.0 Å². The van der Waals surface area contributed by atoms with Crippen molar-refractivity contribution in [2.24, 2.45) is 0 Å². The van der Waals surface area contributed by atoms with Crippen molar-refractivity contribution in [1.82, 2.24) is 9.78 Å². The molecule has 0 aliphatic carbocycles. The van der Waals surface area contributed by atoms with Gasteiger partial charge in [0.15, 0.2) is 0 Å². The van der Waals surface area contributed by atoms with Crippen molar-refractivity contribution >= 4 is 0 Å². The minimum Gasteiger partial charge on any atom is -0.497 e. The van der Waals surface area contributed by atoms with Crippen LogP contribution < -0.4 is 4.74 Å². The van der Waals surface area contributed by atoms with Crippen LogP contribution in [0.4, 0.5) is 4.39 Å². The van der Waals surface area contributed by atoms with E-state index in [-0.39, 0.29) is 5.82 Å². The van der Waals surface area contributed by atoms with Gasteiger partial charge in [0.1, 0.15) is 11.6 Å². The molecule has 0 saturated heterocycles. The standard InChI is InChI=1S/C18H17FN2O/c1-13-11-18(15-5-7-16(19)8-6-15)20-21(13)12-14-3-9-17(22-2)10-4-14/h3-11H,12H2,1-2H3. The van der Waals surface area contributed by atoms with E-state index in [1.54, 1.807) is 19.2 Å². The fourth-order valence-electron chi connectivity index (χ4n) is 2.34. The summed E-state index contributed by atoms with van der Waals surface area (Å²) in [5.74, 6) is 0.603. The van der Waals surface area contributed by atoms with Gasteiger partial charge in [-0.15, -0.1) is 0 Å². The molecular weight excluding hydrogens is 279 g/mol. The van der Waals surface area contributed by atoms with Gasteiger partial charge in [-0.25, -0.2) is 4.39 Å². The third kappa shape index (κ3) is 3.01. The summed E-state index contributed by atoms with van der Waals surface area (Å²) in [4.78, 5) is 0. The number of hydrogen-bond donors (Lipinski definition) is 0. The fourth-order valence-corrected chi connectivity index (χ4v) is 2.34. The van der Waals surface area contributed by atoms with Crippen LogP contribution in [0.2, 0.25) is 0 Å². The lowest BCUT2D eigenvalue weighted by Gasteiger charge is -2.06. The number of nitrogens with zero attached hydrogens (tertiary/aromatic N) is 2. The van der Waals surface area contributed by atoms with E-state index in [9.17, 15) is 4.39 Å². The Bertz CT molecular complexity index is 761. The Morgan fingerprint density at radius 1 is 1.05 bits per heavy atom. The molecule has 22 heavy (non-hydrogen) atoms. The predicted octanol–water partition coefficient (Wildman–Crippen LogP) is 4.05. The molecule has 4 heteroatoms. The van der Waals surface area contributed by atoms with E-state index in [1.807, 2.05) is 41.9 Å². The van der Waals surface area contributed by atoms with Crippen LogP contribution in [0.15, 0.2) is 54.6 Å². The first-order valence-corrected chi connectivity index (χ1v) is 7.09. The van der Waals surface area contributed by atoms with Crippen molar-refractivity contribution in [3.05, 3.63) is 71.7 Å². The van der Waals surface area contributed by atoms with Gasteiger partial charge in [-0.2, -0.15) is 5.10 Å². The first-order chi connectivity index (χ1) is 10.7. The molecular formula is C18H17FN2O. The highest BCUT2D eigenvalue weighted by molar-refractivity contribution is 5.59. The molecule has 112 valence electrons. The first kappa shape index (κ1) is 14.3. The Balaban J connectivity index is 1.84. The van der Waals surface area contributed by atoms with Crippen LogP contribution in [0.1, 0.15) is 11.3 Å². The van der Waals surface area contributed by atoms with Gasteiger partial charge in [0, 0.05) is 11.3 Å². The molecule has 3 aromatic rings. The molecule has 0 aliphatic heterocycles. The second-order valence-corrected chi connectivity index (χ2v) is 5.18. The zero-order valence-electron chi connectivity index (χ0n) is 12.6. The molecule has 0 aliphatic rings. The second kappa shape index (κ2) is 6.02. The summed E-state index contributed by atoms with van der Waals surface area (Å²) >= 11 is 0. The fraction of sp³-hybridized carbons (Fsp3) is 0.167. The van der Waals surface area contributed by atoms with E-state index in [0.717, 1.165) is 28.3 Å². The summed E-state index contributed by atoms with van der Waals surface area (Å²) in [7, 11) is 1.65. The third-order valence-electron chi connectivity index (χ3n) is 3.61. The van der Waals surface area contributed by atoms with E-state index in [2.05, 4.69) is 5.10 Å². The molecule has 3 rings (SSSR count). The molecule has 0 bridgehead atoms. The summed E-state index contributed by atoms with van der Waals surface area (Å²) < 4.78 is 20.1. The molecule has 0 amide bonds. The molecule has 0 N–H and O–H groups in total. The monoisotopic (exact) mass is 296 g/mol. The van der Waals surface area contributed by atoms with Gasteiger partial charge >= 0.3 is 0 Å². The third-order valence-corrected chi connectivity index (χ3v) is 3.61. The van der Waals surface area contributed by atoms with E-state index in [4.69, 9.17) is 4.74 Å². The minimum atomic E-state index is -0.238. The molecule has 1 heterocycles. The number of methoxy groups -OCH3 is 1. The van der Waals surface area contributed by atoms with Gasteiger partial charge in [-0.3, -0.25) is 4.68 Å². The molecule has 0 atom stereocenters. The largest absolute Gasteiger partial charge is 0.497 e. The quantitative estimate of drug-likeness (QED) is 0.726. The maximum absolute atomic E-state index is 13.0. The van der Waals surface area contributed by atoms with Crippen LogP contribution in [0.25, 0.3) is 11.3 Å². The van der Waals surface area contributed by atoms with E-state index >= 15 is 0 Å². The van der Waals surface area contributed by atoms with Gasteiger partial charge < -0.3 is 4.74 Å². The lowest BCUT2D eigenvalue weighted by Crippen LogP contribution is -2.03. The van der Waals surface area contributed by atoms with Gasteiger partial charge in [0.05, 0.1) is 19.3 Å². The van der Waals surface area contributed by atoms with Crippen molar-refractivity contribution in [2.45, 2.75) is 13.5 Å². The number of ether oxygens (including phenoxy) is 1. The zero-order chi connectivity index (χ0) is 15.5. The first-order valence-electron chi connectivity index (χ1n) is 7.09. The van der Waals surface area contributed by atoms with Gasteiger partial charge in [-0.1, -0.05) is 12.1 Å². The highest BCUT2D eigenvalue weighted by atomic mass is 19.1.